The number of aryl methyl sites for hydroxylation is 1. The molecule has 96 valence electrons. The third-order valence-electron chi connectivity index (χ3n) is 2.62. The molecule has 0 aliphatic rings. The number of carboxylic acid groups (broad SMARTS) is 1. The molecular weight excluding hydrogens is 242 g/mol. The van der Waals surface area contributed by atoms with Crippen LogP contribution in [0.2, 0.25) is 0 Å². The van der Waals surface area contributed by atoms with Crippen molar-refractivity contribution in [1.82, 2.24) is 14.3 Å². The van der Waals surface area contributed by atoms with Gasteiger partial charge in [0.25, 0.3) is 0 Å². The molecule has 0 saturated carbocycles. The molecule has 0 aliphatic carbocycles. The van der Waals surface area contributed by atoms with E-state index in [2.05, 4.69) is 9.52 Å². The van der Waals surface area contributed by atoms with Crippen LogP contribution in [0.1, 0.15) is 19.4 Å². The van der Waals surface area contributed by atoms with Crippen LogP contribution in [0.15, 0.2) is 20.2 Å². The Morgan fingerprint density at radius 3 is 2.78 bits per heavy atom. The molecule has 2 rings (SSSR count). The maximum Gasteiger partial charge on any atom is 0.424 e. The van der Waals surface area contributed by atoms with Crippen LogP contribution in [-0.4, -0.2) is 25.4 Å². The van der Waals surface area contributed by atoms with Crippen molar-refractivity contribution >= 4 is 17.0 Å². The van der Waals surface area contributed by atoms with Crippen molar-refractivity contribution in [2.75, 3.05) is 0 Å². The van der Waals surface area contributed by atoms with Crippen LogP contribution in [0.3, 0.4) is 0 Å². The van der Waals surface area contributed by atoms with Crippen molar-refractivity contribution in [1.29, 1.82) is 0 Å². The smallest absolute Gasteiger partial charge is 0.424 e. The molecule has 2 aromatic heterocycles. The summed E-state index contributed by atoms with van der Waals surface area (Å²) in [6, 6.07) is -1.11. The summed E-state index contributed by atoms with van der Waals surface area (Å²) in [6.45, 7) is 1.62. The SMILES string of the molecule is CCC(C(=O)O)n1c(=O)oc(=O)c2cn(C)nc21. The summed E-state index contributed by atoms with van der Waals surface area (Å²) >= 11 is 0. The van der Waals surface area contributed by atoms with Gasteiger partial charge < -0.3 is 9.52 Å². The molecule has 2 heterocycles. The molecule has 1 N–H and O–H groups in total. The van der Waals surface area contributed by atoms with Gasteiger partial charge >= 0.3 is 17.4 Å². The molecule has 8 heteroatoms. The molecule has 1 atom stereocenters. The summed E-state index contributed by atoms with van der Waals surface area (Å²) in [5, 5.41) is 13.1. The highest BCUT2D eigenvalue weighted by Gasteiger charge is 2.24. The Balaban J connectivity index is 2.89. The zero-order chi connectivity index (χ0) is 13.4. The van der Waals surface area contributed by atoms with Gasteiger partial charge in [0, 0.05) is 13.2 Å². The molecule has 18 heavy (non-hydrogen) atoms. The van der Waals surface area contributed by atoms with E-state index >= 15 is 0 Å². The fraction of sp³-hybridized carbons (Fsp3) is 0.400. The van der Waals surface area contributed by atoms with E-state index in [4.69, 9.17) is 5.11 Å². The van der Waals surface area contributed by atoms with Gasteiger partial charge in [-0.05, 0) is 6.42 Å². The van der Waals surface area contributed by atoms with Crippen molar-refractivity contribution in [2.24, 2.45) is 7.05 Å². The number of aliphatic carboxylic acids is 1. The third kappa shape index (κ3) is 1.71. The van der Waals surface area contributed by atoms with Crippen LogP contribution in [0, 0.1) is 0 Å². The minimum Gasteiger partial charge on any atom is -0.480 e. The summed E-state index contributed by atoms with van der Waals surface area (Å²) in [7, 11) is 1.57. The van der Waals surface area contributed by atoms with Crippen LogP contribution in [0.5, 0.6) is 0 Å². The minimum absolute atomic E-state index is 0.0213. The first-order valence-corrected chi connectivity index (χ1v) is 5.27. The molecule has 0 bridgehead atoms. The van der Waals surface area contributed by atoms with Crippen molar-refractivity contribution in [3.63, 3.8) is 0 Å². The second kappa shape index (κ2) is 4.13. The number of fused-ring (bicyclic) bond motifs is 1. The largest absolute Gasteiger partial charge is 0.480 e. The monoisotopic (exact) mass is 253 g/mol. The van der Waals surface area contributed by atoms with E-state index < -0.39 is 23.4 Å². The zero-order valence-corrected chi connectivity index (χ0v) is 9.78. The summed E-state index contributed by atoms with van der Waals surface area (Å²) in [5.41, 5.74) is -0.799. The Kier molecular flexibility index (Phi) is 2.77. The van der Waals surface area contributed by atoms with Gasteiger partial charge in [-0.15, -0.1) is 0 Å². The average Bonchev–Trinajstić information content (AvgIpc) is 2.65. The highest BCUT2D eigenvalue weighted by molar-refractivity contribution is 5.77. The van der Waals surface area contributed by atoms with Crippen LogP contribution < -0.4 is 11.4 Å². The highest BCUT2D eigenvalue weighted by Crippen LogP contribution is 2.14. The second-order valence-corrected chi connectivity index (χ2v) is 3.83. The van der Waals surface area contributed by atoms with E-state index in [1.807, 2.05) is 0 Å². The summed E-state index contributed by atoms with van der Waals surface area (Å²) in [4.78, 5) is 34.2. The molecule has 0 aromatic carbocycles. The first-order valence-electron chi connectivity index (χ1n) is 5.27. The topological polar surface area (TPSA) is 107 Å². The van der Waals surface area contributed by atoms with E-state index in [-0.39, 0.29) is 17.5 Å². The molecule has 0 aliphatic heterocycles. The fourth-order valence-electron chi connectivity index (χ4n) is 1.81. The summed E-state index contributed by atoms with van der Waals surface area (Å²) in [6.07, 6.45) is 1.56. The van der Waals surface area contributed by atoms with Crippen LogP contribution in [-0.2, 0) is 11.8 Å². The quantitative estimate of drug-likeness (QED) is 0.806. The Labute approximate surface area is 100 Å². The molecule has 0 spiro atoms. The van der Waals surface area contributed by atoms with E-state index in [1.54, 1.807) is 14.0 Å². The maximum atomic E-state index is 11.7. The average molecular weight is 253 g/mol. The lowest BCUT2D eigenvalue weighted by Crippen LogP contribution is -2.32. The predicted molar refractivity (Wildman–Crippen MR) is 60.5 cm³/mol. The molecule has 0 saturated heterocycles. The van der Waals surface area contributed by atoms with Crippen LogP contribution in [0.4, 0.5) is 0 Å². The number of carboxylic acids is 1. The van der Waals surface area contributed by atoms with Crippen molar-refractivity contribution in [3.8, 4) is 0 Å². The fourth-order valence-corrected chi connectivity index (χ4v) is 1.81. The van der Waals surface area contributed by atoms with Gasteiger partial charge in [-0.1, -0.05) is 6.92 Å². The first kappa shape index (κ1) is 12.1. The molecule has 0 radical (unpaired) electrons. The minimum atomic E-state index is -1.18. The van der Waals surface area contributed by atoms with E-state index in [9.17, 15) is 14.4 Å². The van der Waals surface area contributed by atoms with Gasteiger partial charge in [0.2, 0.25) is 0 Å². The molecule has 8 nitrogen and oxygen atoms in total. The standard InChI is InChI=1S/C10H11N3O5/c1-3-6(8(14)15)13-7-5(4-12(2)11-7)9(16)18-10(13)17/h4,6H,3H2,1-2H3,(H,14,15). The number of hydrogen-bond donors (Lipinski definition) is 1. The number of hydrogen-bond acceptors (Lipinski definition) is 5. The number of aromatic nitrogens is 3. The summed E-state index contributed by atoms with van der Waals surface area (Å²) in [5.74, 6) is -2.19. The highest BCUT2D eigenvalue weighted by atomic mass is 16.4. The van der Waals surface area contributed by atoms with Crippen molar-refractivity contribution < 1.29 is 14.3 Å². The van der Waals surface area contributed by atoms with Gasteiger partial charge in [-0.2, -0.15) is 5.10 Å². The van der Waals surface area contributed by atoms with Gasteiger partial charge in [-0.25, -0.2) is 19.0 Å². The van der Waals surface area contributed by atoms with E-state index in [1.165, 1.54) is 10.9 Å². The Hall–Kier alpha value is -2.38. The van der Waals surface area contributed by atoms with Gasteiger partial charge in [0.15, 0.2) is 5.65 Å². The van der Waals surface area contributed by atoms with Crippen molar-refractivity contribution in [2.45, 2.75) is 19.4 Å². The molecule has 0 amide bonds. The number of rotatable bonds is 3. The first-order chi connectivity index (χ1) is 8.45. The maximum absolute atomic E-state index is 11.7. The lowest BCUT2D eigenvalue weighted by molar-refractivity contribution is -0.141. The Bertz CT molecular complexity index is 723. The molecule has 2 aromatic rings. The molecular formula is C10H11N3O5. The van der Waals surface area contributed by atoms with Crippen molar-refractivity contribution in [3.05, 3.63) is 27.2 Å². The van der Waals surface area contributed by atoms with E-state index in [0.29, 0.717) is 0 Å². The number of carbonyl (C=O) groups is 1. The second-order valence-electron chi connectivity index (χ2n) is 3.83. The molecule has 1 unspecified atom stereocenters. The predicted octanol–water partition coefficient (Wildman–Crippen LogP) is -0.276. The third-order valence-corrected chi connectivity index (χ3v) is 2.62. The zero-order valence-electron chi connectivity index (χ0n) is 9.78. The lowest BCUT2D eigenvalue weighted by atomic mass is 10.2. The number of nitrogens with zero attached hydrogens (tertiary/aromatic N) is 3. The lowest BCUT2D eigenvalue weighted by Gasteiger charge is -2.12. The summed E-state index contributed by atoms with van der Waals surface area (Å²) < 4.78 is 6.72. The van der Waals surface area contributed by atoms with Crippen LogP contribution >= 0.6 is 0 Å². The van der Waals surface area contributed by atoms with E-state index in [0.717, 1.165) is 4.57 Å². The van der Waals surface area contributed by atoms with Gasteiger partial charge in [0.1, 0.15) is 11.4 Å². The van der Waals surface area contributed by atoms with Gasteiger partial charge in [0.05, 0.1) is 0 Å². The van der Waals surface area contributed by atoms with Crippen LogP contribution in [0.25, 0.3) is 11.0 Å². The Morgan fingerprint density at radius 2 is 2.22 bits per heavy atom. The molecule has 0 fully saturated rings. The Morgan fingerprint density at radius 1 is 1.56 bits per heavy atom. The van der Waals surface area contributed by atoms with Gasteiger partial charge in [-0.3, -0.25) is 4.68 Å². The normalized spacial score (nSPS) is 12.8.